The summed E-state index contributed by atoms with van der Waals surface area (Å²) in [6, 6.07) is 91.1. The Morgan fingerprint density at radius 3 is 1.33 bits per heavy atom. The van der Waals surface area contributed by atoms with Gasteiger partial charge in [-0.15, -0.1) is 0 Å². The van der Waals surface area contributed by atoms with E-state index in [1.165, 1.54) is 66.4 Å². The van der Waals surface area contributed by atoms with Crippen LogP contribution in [-0.4, -0.2) is 0 Å². The third kappa shape index (κ3) is 5.06. The van der Waals surface area contributed by atoms with E-state index in [9.17, 15) is 0 Å². The molecule has 0 N–H and O–H groups in total. The molecule has 322 valence electrons. The number of rotatable bonds is 4. The predicted molar refractivity (Wildman–Crippen MR) is 279 cm³/mol. The van der Waals surface area contributed by atoms with Gasteiger partial charge in [0.2, 0.25) is 0 Å². The van der Waals surface area contributed by atoms with Gasteiger partial charge in [-0.2, -0.15) is 0 Å². The molecule has 0 atom stereocenters. The van der Waals surface area contributed by atoms with Gasteiger partial charge < -0.3 is 14.4 Å². The van der Waals surface area contributed by atoms with Crippen molar-refractivity contribution in [2.24, 2.45) is 0 Å². The first-order chi connectivity index (χ1) is 34.2. The summed E-state index contributed by atoms with van der Waals surface area (Å²) in [5.41, 5.74) is 18.8. The highest BCUT2D eigenvalue weighted by molar-refractivity contribution is 6.11. The first-order valence-corrected chi connectivity index (χ1v) is 23.8. The summed E-state index contributed by atoms with van der Waals surface area (Å²) in [6.07, 6.45) is 0. The number of benzene rings is 11. The van der Waals surface area contributed by atoms with Crippen LogP contribution in [0.3, 0.4) is 0 Å². The second-order valence-corrected chi connectivity index (χ2v) is 18.6. The standard InChI is InChI=1S/C66H41NO2/c1-2-18-42(19-3-1)43-34-36-45(37-35-43)67(46-38-39-49-48-22-6-8-24-51(48)65(57(49)41-46)53-26-10-14-30-59(53)68-60-31-15-11-27-54(60)65)64-47-21-5-4-20-44(47)40-58-63(64)50-23-7-9-25-52(50)66(58)55-28-12-16-32-61(55)69-62-33-17-13-29-56(62)66/h1-41H. The van der Waals surface area contributed by atoms with Crippen LogP contribution in [0.15, 0.2) is 249 Å². The molecule has 0 fully saturated rings. The van der Waals surface area contributed by atoms with Crippen LogP contribution in [0, 0.1) is 0 Å². The molecule has 0 radical (unpaired) electrons. The highest BCUT2D eigenvalue weighted by Crippen LogP contribution is 2.67. The van der Waals surface area contributed by atoms with E-state index in [2.05, 4.69) is 254 Å². The van der Waals surface area contributed by atoms with Gasteiger partial charge in [0.25, 0.3) is 0 Å². The lowest BCUT2D eigenvalue weighted by atomic mass is 9.66. The molecule has 0 unspecified atom stereocenters. The van der Waals surface area contributed by atoms with E-state index in [1.54, 1.807) is 0 Å². The van der Waals surface area contributed by atoms with Crippen molar-refractivity contribution in [1.29, 1.82) is 0 Å². The van der Waals surface area contributed by atoms with Gasteiger partial charge >= 0.3 is 0 Å². The van der Waals surface area contributed by atoms with Crippen LogP contribution in [0.1, 0.15) is 44.5 Å². The largest absolute Gasteiger partial charge is 0.457 e. The molecule has 0 amide bonds. The predicted octanol–water partition coefficient (Wildman–Crippen LogP) is 16.9. The van der Waals surface area contributed by atoms with E-state index in [1.807, 2.05) is 0 Å². The Bertz CT molecular complexity index is 3830. The summed E-state index contributed by atoms with van der Waals surface area (Å²) in [5, 5.41) is 2.34. The molecule has 15 rings (SSSR count). The lowest BCUT2D eigenvalue weighted by Crippen LogP contribution is -2.32. The van der Waals surface area contributed by atoms with Crippen molar-refractivity contribution in [1.82, 2.24) is 0 Å². The lowest BCUT2D eigenvalue weighted by molar-refractivity contribution is 0.436. The Hall–Kier alpha value is -8.92. The van der Waals surface area contributed by atoms with Crippen molar-refractivity contribution in [3.63, 3.8) is 0 Å². The third-order valence-corrected chi connectivity index (χ3v) is 15.4. The fraction of sp³-hybridized carbons (Fsp3) is 0.0303. The summed E-state index contributed by atoms with van der Waals surface area (Å²) < 4.78 is 13.6. The maximum Gasteiger partial charge on any atom is 0.132 e. The average Bonchev–Trinajstić information content (AvgIpc) is 3.86. The van der Waals surface area contributed by atoms with Crippen molar-refractivity contribution >= 4 is 27.8 Å². The molecule has 2 heterocycles. The van der Waals surface area contributed by atoms with Crippen molar-refractivity contribution in [2.45, 2.75) is 10.8 Å². The molecule has 0 aromatic heterocycles. The number of hydrogen-bond donors (Lipinski definition) is 0. The molecule has 11 aromatic rings. The van der Waals surface area contributed by atoms with Crippen LogP contribution in [0.2, 0.25) is 0 Å². The van der Waals surface area contributed by atoms with Gasteiger partial charge in [-0.05, 0) is 110 Å². The Morgan fingerprint density at radius 2 is 0.725 bits per heavy atom. The van der Waals surface area contributed by atoms with Crippen LogP contribution in [-0.2, 0) is 10.8 Å². The highest BCUT2D eigenvalue weighted by atomic mass is 16.5. The Labute approximate surface area is 400 Å². The molecule has 0 saturated heterocycles. The Morgan fingerprint density at radius 1 is 0.290 bits per heavy atom. The van der Waals surface area contributed by atoms with Crippen LogP contribution in [0.5, 0.6) is 23.0 Å². The molecular formula is C66H41NO2. The topological polar surface area (TPSA) is 21.7 Å². The van der Waals surface area contributed by atoms with Crippen LogP contribution >= 0.6 is 0 Å². The minimum Gasteiger partial charge on any atom is -0.457 e. The van der Waals surface area contributed by atoms with Crippen LogP contribution in [0.4, 0.5) is 17.1 Å². The van der Waals surface area contributed by atoms with Crippen molar-refractivity contribution in [2.75, 3.05) is 4.90 Å². The fourth-order valence-corrected chi connectivity index (χ4v) is 12.7. The molecule has 2 aliphatic heterocycles. The van der Waals surface area contributed by atoms with Crippen molar-refractivity contribution in [3.05, 3.63) is 293 Å². The molecule has 2 spiro atoms. The van der Waals surface area contributed by atoms with Gasteiger partial charge in [-0.25, -0.2) is 0 Å². The van der Waals surface area contributed by atoms with E-state index in [-0.39, 0.29) is 0 Å². The van der Waals surface area contributed by atoms with Gasteiger partial charge in [0, 0.05) is 44.6 Å². The summed E-state index contributed by atoms with van der Waals surface area (Å²) >= 11 is 0. The summed E-state index contributed by atoms with van der Waals surface area (Å²) in [6.45, 7) is 0. The first kappa shape index (κ1) is 38.2. The maximum absolute atomic E-state index is 6.80. The number of fused-ring (bicyclic) bond motifs is 19. The second-order valence-electron chi connectivity index (χ2n) is 18.6. The number of para-hydroxylation sites is 4. The zero-order valence-electron chi connectivity index (χ0n) is 37.4. The molecule has 4 aliphatic rings. The van der Waals surface area contributed by atoms with Crippen molar-refractivity contribution in [3.8, 4) is 56.4 Å². The minimum absolute atomic E-state index is 0.636. The number of nitrogens with zero attached hydrogens (tertiary/aromatic N) is 1. The zero-order valence-corrected chi connectivity index (χ0v) is 37.4. The first-order valence-electron chi connectivity index (χ1n) is 23.8. The second kappa shape index (κ2) is 14.3. The summed E-state index contributed by atoms with van der Waals surface area (Å²) in [4.78, 5) is 2.55. The summed E-state index contributed by atoms with van der Waals surface area (Å²) in [5.74, 6) is 3.51. The molecule has 0 bridgehead atoms. The Kier molecular flexibility index (Phi) is 7.92. The molecule has 11 aromatic carbocycles. The molecular weight excluding hydrogens is 839 g/mol. The van der Waals surface area contributed by atoms with Gasteiger partial charge in [-0.3, -0.25) is 0 Å². The zero-order chi connectivity index (χ0) is 45.3. The van der Waals surface area contributed by atoms with Gasteiger partial charge in [0.1, 0.15) is 23.0 Å². The van der Waals surface area contributed by atoms with Gasteiger partial charge in [-0.1, -0.05) is 194 Å². The average molecular weight is 880 g/mol. The molecule has 0 saturated carbocycles. The number of hydrogen-bond acceptors (Lipinski definition) is 3. The molecule has 3 heteroatoms. The fourth-order valence-electron chi connectivity index (χ4n) is 12.7. The highest BCUT2D eigenvalue weighted by Gasteiger charge is 2.54. The minimum atomic E-state index is -0.655. The smallest absolute Gasteiger partial charge is 0.132 e. The maximum atomic E-state index is 6.80. The van der Waals surface area contributed by atoms with E-state index < -0.39 is 10.8 Å². The monoisotopic (exact) mass is 879 g/mol. The van der Waals surface area contributed by atoms with Crippen LogP contribution in [0.25, 0.3) is 44.2 Å². The van der Waals surface area contributed by atoms with E-state index in [0.717, 1.165) is 62.3 Å². The molecule has 69 heavy (non-hydrogen) atoms. The number of ether oxygens (including phenoxy) is 2. The molecule has 3 nitrogen and oxygen atoms in total. The van der Waals surface area contributed by atoms with Crippen LogP contribution < -0.4 is 14.4 Å². The lowest BCUT2D eigenvalue weighted by Gasteiger charge is -2.40. The van der Waals surface area contributed by atoms with Gasteiger partial charge in [0.15, 0.2) is 0 Å². The Balaban J connectivity index is 1.07. The number of anilines is 3. The molecule has 2 aliphatic carbocycles. The van der Waals surface area contributed by atoms with Gasteiger partial charge in [0.05, 0.1) is 16.5 Å². The van der Waals surface area contributed by atoms with E-state index in [4.69, 9.17) is 9.47 Å². The van der Waals surface area contributed by atoms with E-state index in [0.29, 0.717) is 0 Å². The third-order valence-electron chi connectivity index (χ3n) is 15.4. The normalized spacial score (nSPS) is 14.3. The van der Waals surface area contributed by atoms with E-state index >= 15 is 0 Å². The SMILES string of the molecule is c1ccc(-c2ccc(N(c3ccc4c(c3)C3(c5ccccc5Oc5ccccc53)c3ccccc3-4)c3c4c(cc5ccccc35)C3(c5ccccc5Oc5ccccc53)c3ccccc3-4)cc2)cc1. The summed E-state index contributed by atoms with van der Waals surface area (Å²) in [7, 11) is 0. The van der Waals surface area contributed by atoms with Crippen molar-refractivity contribution < 1.29 is 9.47 Å². The quantitative estimate of drug-likeness (QED) is 0.176.